The van der Waals surface area contributed by atoms with Crippen molar-refractivity contribution in [1.82, 2.24) is 15.5 Å². The maximum Gasteiger partial charge on any atom is 0.408 e. The number of aromatic hydroxyl groups is 1. The quantitative estimate of drug-likeness (QED) is 0.383. The second-order valence-corrected chi connectivity index (χ2v) is 11.3. The summed E-state index contributed by atoms with van der Waals surface area (Å²) in [5, 5.41) is 15.8. The van der Waals surface area contributed by atoms with Gasteiger partial charge < -0.3 is 25.4 Å². The summed E-state index contributed by atoms with van der Waals surface area (Å²) in [6.07, 6.45) is 5.26. The molecular formula is C31H43N3O5. The fourth-order valence-electron chi connectivity index (χ4n) is 4.96. The van der Waals surface area contributed by atoms with Gasteiger partial charge in [0.25, 0.3) is 0 Å². The number of ether oxygens (including phenoxy) is 1. The van der Waals surface area contributed by atoms with Gasteiger partial charge in [0, 0.05) is 19.0 Å². The third kappa shape index (κ3) is 9.30. The third-order valence-corrected chi connectivity index (χ3v) is 6.74. The molecule has 1 aliphatic carbocycles. The highest BCUT2D eigenvalue weighted by Gasteiger charge is 2.36. The summed E-state index contributed by atoms with van der Waals surface area (Å²) < 4.78 is 5.47. The number of nitrogens with zero attached hydrogens (tertiary/aromatic N) is 1. The van der Waals surface area contributed by atoms with E-state index in [9.17, 15) is 19.5 Å². The second kappa shape index (κ2) is 14.0. The van der Waals surface area contributed by atoms with E-state index in [1.807, 2.05) is 37.3 Å². The normalized spacial score (nSPS) is 15.6. The van der Waals surface area contributed by atoms with Gasteiger partial charge in [-0.15, -0.1) is 0 Å². The van der Waals surface area contributed by atoms with E-state index < -0.39 is 23.8 Å². The molecule has 2 aromatic rings. The molecule has 2 aromatic carbocycles. The van der Waals surface area contributed by atoms with Crippen LogP contribution in [0.5, 0.6) is 5.75 Å². The van der Waals surface area contributed by atoms with E-state index in [0.29, 0.717) is 18.5 Å². The minimum absolute atomic E-state index is 0.0597. The van der Waals surface area contributed by atoms with Gasteiger partial charge in [-0.2, -0.15) is 0 Å². The number of phenolic OH excluding ortho intramolecular Hbond substituents is 1. The van der Waals surface area contributed by atoms with Crippen molar-refractivity contribution >= 4 is 17.9 Å². The summed E-state index contributed by atoms with van der Waals surface area (Å²) in [6, 6.07) is 14.0. The first kappa shape index (κ1) is 30.0. The van der Waals surface area contributed by atoms with Crippen molar-refractivity contribution in [3.63, 3.8) is 0 Å². The largest absolute Gasteiger partial charge is 0.508 e. The Hall–Kier alpha value is -3.55. The predicted octanol–water partition coefficient (Wildman–Crippen LogP) is 5.26. The van der Waals surface area contributed by atoms with Crippen LogP contribution in [0.25, 0.3) is 0 Å². The number of rotatable bonds is 10. The Labute approximate surface area is 232 Å². The van der Waals surface area contributed by atoms with E-state index >= 15 is 0 Å². The lowest BCUT2D eigenvalue weighted by Crippen LogP contribution is -2.54. The lowest BCUT2D eigenvalue weighted by Gasteiger charge is -2.35. The first-order valence-corrected chi connectivity index (χ1v) is 14.0. The topological polar surface area (TPSA) is 108 Å². The summed E-state index contributed by atoms with van der Waals surface area (Å²) in [6.45, 7) is 7.55. The van der Waals surface area contributed by atoms with Crippen molar-refractivity contribution in [1.29, 1.82) is 0 Å². The summed E-state index contributed by atoms with van der Waals surface area (Å²) in [5.74, 6) is -0.555. The monoisotopic (exact) mass is 537 g/mol. The van der Waals surface area contributed by atoms with Gasteiger partial charge in [-0.05, 0) is 63.3 Å². The van der Waals surface area contributed by atoms with Gasteiger partial charge in [0.2, 0.25) is 11.8 Å². The van der Waals surface area contributed by atoms with Crippen LogP contribution in [0.3, 0.4) is 0 Å². The number of amides is 3. The van der Waals surface area contributed by atoms with E-state index in [0.717, 1.165) is 37.7 Å². The van der Waals surface area contributed by atoms with E-state index in [4.69, 9.17) is 4.74 Å². The van der Waals surface area contributed by atoms with Crippen LogP contribution in [0.4, 0.5) is 4.79 Å². The zero-order valence-corrected chi connectivity index (χ0v) is 23.6. The smallest absolute Gasteiger partial charge is 0.408 e. The van der Waals surface area contributed by atoms with Crippen molar-refractivity contribution in [2.75, 3.05) is 6.54 Å². The average Bonchev–Trinajstić information content (AvgIpc) is 2.89. The Morgan fingerprint density at radius 2 is 1.64 bits per heavy atom. The van der Waals surface area contributed by atoms with Crippen LogP contribution < -0.4 is 10.6 Å². The maximum atomic E-state index is 14.2. The summed E-state index contributed by atoms with van der Waals surface area (Å²) in [7, 11) is 0. The SMILES string of the molecule is CCCN(C(=O)C(Cc1ccccc1)NC(=O)OC(C)(C)C)C(C(=O)NC1CCCCC1)c1ccc(O)cc1. The van der Waals surface area contributed by atoms with E-state index in [-0.39, 0.29) is 30.0 Å². The van der Waals surface area contributed by atoms with Crippen LogP contribution in [-0.4, -0.2) is 52.1 Å². The molecule has 0 aliphatic heterocycles. The zero-order chi connectivity index (χ0) is 28.4. The Bertz CT molecular complexity index is 1080. The van der Waals surface area contributed by atoms with Gasteiger partial charge >= 0.3 is 6.09 Å². The van der Waals surface area contributed by atoms with Crippen molar-refractivity contribution in [2.24, 2.45) is 0 Å². The number of hydrogen-bond acceptors (Lipinski definition) is 5. The summed E-state index contributed by atoms with van der Waals surface area (Å²) >= 11 is 0. The van der Waals surface area contributed by atoms with Gasteiger partial charge in [-0.25, -0.2) is 4.79 Å². The maximum absolute atomic E-state index is 14.2. The van der Waals surface area contributed by atoms with Crippen molar-refractivity contribution in [2.45, 2.75) is 96.4 Å². The molecule has 3 amide bonds. The van der Waals surface area contributed by atoms with Gasteiger partial charge in [0.1, 0.15) is 23.4 Å². The number of nitrogens with one attached hydrogen (secondary N) is 2. The number of benzene rings is 2. The molecule has 3 rings (SSSR count). The van der Waals surface area contributed by atoms with E-state index in [1.165, 1.54) is 12.1 Å². The van der Waals surface area contributed by atoms with Gasteiger partial charge in [-0.1, -0.05) is 68.7 Å². The molecule has 1 saturated carbocycles. The molecule has 8 heteroatoms. The molecule has 0 aromatic heterocycles. The van der Waals surface area contributed by atoms with Crippen LogP contribution in [0.15, 0.2) is 54.6 Å². The van der Waals surface area contributed by atoms with Crippen molar-refractivity contribution in [3.8, 4) is 5.75 Å². The number of carbonyl (C=O) groups is 3. The molecule has 2 unspecified atom stereocenters. The summed E-state index contributed by atoms with van der Waals surface area (Å²) in [4.78, 5) is 42.4. The van der Waals surface area contributed by atoms with Crippen LogP contribution in [0, 0.1) is 0 Å². The third-order valence-electron chi connectivity index (χ3n) is 6.74. The van der Waals surface area contributed by atoms with E-state index in [2.05, 4.69) is 10.6 Å². The first-order valence-electron chi connectivity index (χ1n) is 14.0. The summed E-state index contributed by atoms with van der Waals surface area (Å²) in [5.41, 5.74) is 0.733. The van der Waals surface area contributed by atoms with Crippen molar-refractivity contribution in [3.05, 3.63) is 65.7 Å². The number of hydrogen-bond donors (Lipinski definition) is 3. The highest BCUT2D eigenvalue weighted by molar-refractivity contribution is 5.92. The van der Waals surface area contributed by atoms with Crippen molar-refractivity contribution < 1.29 is 24.2 Å². The van der Waals surface area contributed by atoms with Gasteiger partial charge in [-0.3, -0.25) is 9.59 Å². The highest BCUT2D eigenvalue weighted by atomic mass is 16.6. The minimum atomic E-state index is -0.948. The molecule has 39 heavy (non-hydrogen) atoms. The predicted molar refractivity (Wildman–Crippen MR) is 151 cm³/mol. The molecular weight excluding hydrogens is 494 g/mol. The molecule has 0 spiro atoms. The molecule has 1 fully saturated rings. The lowest BCUT2D eigenvalue weighted by atomic mass is 9.94. The first-order chi connectivity index (χ1) is 18.6. The fraction of sp³-hybridized carbons (Fsp3) is 0.516. The Morgan fingerprint density at radius 1 is 1.00 bits per heavy atom. The van der Waals surface area contributed by atoms with Crippen LogP contribution in [0.1, 0.15) is 83.4 Å². The van der Waals surface area contributed by atoms with Crippen LogP contribution in [-0.2, 0) is 20.7 Å². The molecule has 2 atom stereocenters. The molecule has 0 saturated heterocycles. The molecule has 0 heterocycles. The Morgan fingerprint density at radius 3 is 2.23 bits per heavy atom. The average molecular weight is 538 g/mol. The molecule has 1 aliphatic rings. The van der Waals surface area contributed by atoms with E-state index in [1.54, 1.807) is 37.8 Å². The number of alkyl carbamates (subject to hydrolysis) is 1. The minimum Gasteiger partial charge on any atom is -0.508 e. The standard InChI is InChI=1S/C31H43N3O5/c1-5-20-34(27(23-16-18-25(35)19-17-23)28(36)32-24-14-10-7-11-15-24)29(37)26(21-22-12-8-6-9-13-22)33-30(38)39-31(2,3)4/h6,8-9,12-13,16-19,24,26-27,35H,5,7,10-11,14-15,20-21H2,1-4H3,(H,32,36)(H,33,38). The lowest BCUT2D eigenvalue weighted by molar-refractivity contribution is -0.142. The Kier molecular flexibility index (Phi) is 10.8. The van der Waals surface area contributed by atoms with Crippen LogP contribution >= 0.6 is 0 Å². The molecule has 0 radical (unpaired) electrons. The fourth-order valence-corrected chi connectivity index (χ4v) is 4.96. The molecule has 3 N–H and O–H groups in total. The van der Waals surface area contributed by atoms with Gasteiger partial charge in [0.15, 0.2) is 0 Å². The molecule has 8 nitrogen and oxygen atoms in total. The Balaban J connectivity index is 1.96. The molecule has 0 bridgehead atoms. The number of phenols is 1. The molecule has 212 valence electrons. The highest BCUT2D eigenvalue weighted by Crippen LogP contribution is 2.27. The zero-order valence-electron chi connectivity index (χ0n) is 23.6. The second-order valence-electron chi connectivity index (χ2n) is 11.3. The van der Waals surface area contributed by atoms with Crippen LogP contribution in [0.2, 0.25) is 0 Å². The van der Waals surface area contributed by atoms with Gasteiger partial charge in [0.05, 0.1) is 0 Å². The number of carbonyl (C=O) groups excluding carboxylic acids is 3.